The molecule has 0 heterocycles. The molecule has 0 aliphatic rings. The van der Waals surface area contributed by atoms with Crippen LogP contribution in [0.4, 0.5) is 4.79 Å². The Bertz CT molecular complexity index is 269. The van der Waals surface area contributed by atoms with Crippen molar-refractivity contribution < 1.29 is 14.7 Å². The second-order valence-corrected chi connectivity index (χ2v) is 4.53. The van der Waals surface area contributed by atoms with Crippen LogP contribution in [0, 0.1) is 0 Å². The van der Waals surface area contributed by atoms with Gasteiger partial charge in [-0.3, -0.25) is 0 Å². The van der Waals surface area contributed by atoms with E-state index in [0.717, 1.165) is 19.3 Å². The van der Waals surface area contributed by atoms with Crippen molar-refractivity contribution in [2.24, 2.45) is 0 Å². The summed E-state index contributed by atoms with van der Waals surface area (Å²) < 4.78 is 0. The lowest BCUT2D eigenvalue weighted by Gasteiger charge is -2.28. The summed E-state index contributed by atoms with van der Waals surface area (Å²) in [5.41, 5.74) is 0. The number of aliphatic carboxylic acids is 1. The Balaban J connectivity index is 4.51. The first-order chi connectivity index (χ1) is 8.47. The predicted octanol–water partition coefficient (Wildman–Crippen LogP) is 2.46. The van der Waals surface area contributed by atoms with Gasteiger partial charge in [0.05, 0.1) is 0 Å². The van der Waals surface area contributed by atoms with Crippen LogP contribution in [0.15, 0.2) is 0 Å². The van der Waals surface area contributed by atoms with Gasteiger partial charge in [-0.25, -0.2) is 9.59 Å². The molecule has 0 aliphatic heterocycles. The number of urea groups is 1. The van der Waals surface area contributed by atoms with Gasteiger partial charge in [-0.1, -0.05) is 26.7 Å². The van der Waals surface area contributed by atoms with E-state index in [1.165, 1.54) is 0 Å². The molecule has 0 saturated carbocycles. The summed E-state index contributed by atoms with van der Waals surface area (Å²) in [5, 5.41) is 11.7. The van der Waals surface area contributed by atoms with E-state index in [1.54, 1.807) is 4.90 Å². The molecule has 0 rings (SSSR count). The average molecular weight is 258 g/mol. The molecule has 0 aromatic rings. The number of nitrogens with zero attached hydrogens (tertiary/aromatic N) is 1. The summed E-state index contributed by atoms with van der Waals surface area (Å²) in [7, 11) is 0. The van der Waals surface area contributed by atoms with Crippen LogP contribution in [-0.2, 0) is 4.79 Å². The van der Waals surface area contributed by atoms with Gasteiger partial charge in [0.25, 0.3) is 0 Å². The zero-order valence-electron chi connectivity index (χ0n) is 11.9. The molecule has 0 aliphatic carbocycles. The topological polar surface area (TPSA) is 69.6 Å². The first-order valence-corrected chi connectivity index (χ1v) is 6.77. The van der Waals surface area contributed by atoms with Gasteiger partial charge in [-0.05, 0) is 26.7 Å². The molecule has 0 aromatic heterocycles. The van der Waals surface area contributed by atoms with Crippen molar-refractivity contribution in [3.63, 3.8) is 0 Å². The van der Waals surface area contributed by atoms with E-state index in [-0.39, 0.29) is 12.1 Å². The first kappa shape index (κ1) is 16.7. The van der Waals surface area contributed by atoms with Crippen LogP contribution in [0.5, 0.6) is 0 Å². The molecule has 2 unspecified atom stereocenters. The Hall–Kier alpha value is -1.26. The number of rotatable bonds is 8. The van der Waals surface area contributed by atoms with E-state index in [9.17, 15) is 9.59 Å². The molecule has 106 valence electrons. The molecule has 0 radical (unpaired) electrons. The van der Waals surface area contributed by atoms with Gasteiger partial charge >= 0.3 is 12.0 Å². The number of hydrogen-bond donors (Lipinski definition) is 2. The minimum atomic E-state index is -0.961. The highest BCUT2D eigenvalue weighted by atomic mass is 16.4. The van der Waals surface area contributed by atoms with Crippen molar-refractivity contribution in [3.8, 4) is 0 Å². The van der Waals surface area contributed by atoms with E-state index in [2.05, 4.69) is 5.32 Å². The summed E-state index contributed by atoms with van der Waals surface area (Å²) in [6.45, 7) is 8.45. The molecular weight excluding hydrogens is 232 g/mol. The van der Waals surface area contributed by atoms with Gasteiger partial charge in [0.1, 0.15) is 6.04 Å². The molecule has 0 bridgehead atoms. The highest BCUT2D eigenvalue weighted by Gasteiger charge is 2.23. The molecule has 18 heavy (non-hydrogen) atoms. The first-order valence-electron chi connectivity index (χ1n) is 6.77. The van der Waals surface area contributed by atoms with Gasteiger partial charge in [0.2, 0.25) is 0 Å². The van der Waals surface area contributed by atoms with Crippen molar-refractivity contribution >= 4 is 12.0 Å². The smallest absolute Gasteiger partial charge is 0.326 e. The fourth-order valence-corrected chi connectivity index (χ4v) is 1.77. The Morgan fingerprint density at radius 2 is 1.89 bits per heavy atom. The van der Waals surface area contributed by atoms with E-state index in [0.29, 0.717) is 13.0 Å². The minimum absolute atomic E-state index is 0.121. The predicted molar refractivity (Wildman–Crippen MR) is 71.6 cm³/mol. The monoisotopic (exact) mass is 258 g/mol. The minimum Gasteiger partial charge on any atom is -0.480 e. The maximum Gasteiger partial charge on any atom is 0.326 e. The van der Waals surface area contributed by atoms with Crippen molar-refractivity contribution in [2.75, 3.05) is 6.54 Å². The van der Waals surface area contributed by atoms with E-state index >= 15 is 0 Å². The number of carboxylic acids is 1. The molecule has 0 spiro atoms. The molecule has 5 heteroatoms. The van der Waals surface area contributed by atoms with Crippen molar-refractivity contribution in [3.05, 3.63) is 0 Å². The summed E-state index contributed by atoms with van der Waals surface area (Å²) in [6, 6.07) is -0.943. The van der Waals surface area contributed by atoms with Crippen LogP contribution in [0.2, 0.25) is 0 Å². The SMILES string of the molecule is CCCCC(NC(=O)N(CC)C(C)CC)C(=O)O. The fraction of sp³-hybridized carbons (Fsp3) is 0.846. The van der Waals surface area contributed by atoms with E-state index in [4.69, 9.17) is 5.11 Å². The Kier molecular flexibility index (Phi) is 8.16. The van der Waals surface area contributed by atoms with Gasteiger partial charge in [0, 0.05) is 12.6 Å². The summed E-state index contributed by atoms with van der Waals surface area (Å²) in [6.07, 6.45) is 3.05. The van der Waals surface area contributed by atoms with Crippen molar-refractivity contribution in [1.29, 1.82) is 0 Å². The average Bonchev–Trinajstić information content (AvgIpc) is 2.34. The zero-order chi connectivity index (χ0) is 14.1. The fourth-order valence-electron chi connectivity index (χ4n) is 1.77. The van der Waals surface area contributed by atoms with Crippen LogP contribution in [0.25, 0.3) is 0 Å². The second-order valence-electron chi connectivity index (χ2n) is 4.53. The number of carbonyl (C=O) groups is 2. The van der Waals surface area contributed by atoms with Gasteiger partial charge < -0.3 is 15.3 Å². The molecule has 0 aromatic carbocycles. The number of carboxylic acid groups (broad SMARTS) is 1. The van der Waals surface area contributed by atoms with Crippen LogP contribution in [0.3, 0.4) is 0 Å². The molecular formula is C13H26N2O3. The third-order valence-corrected chi connectivity index (χ3v) is 3.17. The summed E-state index contributed by atoms with van der Waals surface area (Å²) in [4.78, 5) is 24.7. The van der Waals surface area contributed by atoms with Crippen LogP contribution >= 0.6 is 0 Å². The zero-order valence-corrected chi connectivity index (χ0v) is 11.9. The summed E-state index contributed by atoms with van der Waals surface area (Å²) >= 11 is 0. The van der Waals surface area contributed by atoms with Gasteiger partial charge in [-0.15, -0.1) is 0 Å². The number of nitrogens with one attached hydrogen (secondary N) is 1. The van der Waals surface area contributed by atoms with E-state index < -0.39 is 12.0 Å². The molecule has 2 atom stereocenters. The Morgan fingerprint density at radius 3 is 2.28 bits per heavy atom. The van der Waals surface area contributed by atoms with Crippen LogP contribution in [-0.4, -0.2) is 40.6 Å². The standard InChI is InChI=1S/C13H26N2O3/c1-5-8-9-11(12(16)17)14-13(18)15(7-3)10(4)6-2/h10-11H,5-9H2,1-4H3,(H,14,18)(H,16,17). The lowest BCUT2D eigenvalue weighted by molar-refractivity contribution is -0.139. The van der Waals surface area contributed by atoms with Crippen molar-refractivity contribution in [1.82, 2.24) is 10.2 Å². The molecule has 2 N–H and O–H groups in total. The third-order valence-electron chi connectivity index (χ3n) is 3.17. The lowest BCUT2D eigenvalue weighted by atomic mass is 10.1. The summed E-state index contributed by atoms with van der Waals surface area (Å²) in [5.74, 6) is -0.961. The Morgan fingerprint density at radius 1 is 1.28 bits per heavy atom. The maximum atomic E-state index is 12.0. The molecule has 0 fully saturated rings. The molecule has 2 amide bonds. The third kappa shape index (κ3) is 5.38. The maximum absolute atomic E-state index is 12.0. The highest BCUT2D eigenvalue weighted by Crippen LogP contribution is 2.06. The van der Waals surface area contributed by atoms with Crippen molar-refractivity contribution in [2.45, 2.75) is 65.5 Å². The number of hydrogen-bond acceptors (Lipinski definition) is 2. The van der Waals surface area contributed by atoms with E-state index in [1.807, 2.05) is 27.7 Å². The highest BCUT2D eigenvalue weighted by molar-refractivity contribution is 5.82. The largest absolute Gasteiger partial charge is 0.480 e. The molecule has 0 saturated heterocycles. The van der Waals surface area contributed by atoms with Gasteiger partial charge in [-0.2, -0.15) is 0 Å². The Labute approximate surface area is 110 Å². The molecule has 5 nitrogen and oxygen atoms in total. The number of amides is 2. The van der Waals surface area contributed by atoms with Crippen LogP contribution in [0.1, 0.15) is 53.4 Å². The normalized spacial score (nSPS) is 13.8. The number of carbonyl (C=O) groups excluding carboxylic acids is 1. The quantitative estimate of drug-likeness (QED) is 0.702. The van der Waals surface area contributed by atoms with Gasteiger partial charge in [0.15, 0.2) is 0 Å². The second kappa shape index (κ2) is 8.78. The van der Waals surface area contributed by atoms with Crippen LogP contribution < -0.4 is 5.32 Å². The number of unbranched alkanes of at least 4 members (excludes halogenated alkanes) is 1. The lowest BCUT2D eigenvalue weighted by Crippen LogP contribution is -2.50.